The summed E-state index contributed by atoms with van der Waals surface area (Å²) in [5.41, 5.74) is 2.77. The number of aliphatic carboxylic acids is 1. The molecule has 1 saturated heterocycles. The van der Waals surface area contributed by atoms with Crippen LogP contribution in [0.15, 0.2) is 48.5 Å². The van der Waals surface area contributed by atoms with Crippen LogP contribution in [-0.4, -0.2) is 44.4 Å². The second-order valence-corrected chi connectivity index (χ2v) is 8.55. The number of carbonyl (C=O) groups excluding carboxylic acids is 3. The summed E-state index contributed by atoms with van der Waals surface area (Å²) in [5, 5.41) is 11.9. The molecule has 1 fully saturated rings. The molecule has 0 spiro atoms. The molecule has 1 aromatic heterocycles. The maximum Gasteiger partial charge on any atom is 1.00 e. The third-order valence-corrected chi connectivity index (χ3v) is 6.58. The second-order valence-electron chi connectivity index (χ2n) is 8.55. The molecule has 35 heavy (non-hydrogen) atoms. The van der Waals surface area contributed by atoms with Crippen LogP contribution in [0.3, 0.4) is 0 Å². The number of carboxylic acid groups (broad SMARTS) is 1. The van der Waals surface area contributed by atoms with Gasteiger partial charge in [0.2, 0.25) is 0 Å². The predicted octanol–water partition coefficient (Wildman–Crippen LogP) is 0.0779. The number of hydrogen-bond donors (Lipinski definition) is 0. The summed E-state index contributed by atoms with van der Waals surface area (Å²) in [5.74, 6) is -1.99. The fraction of sp³-hybridized carbons (Fsp3) is 0.346. The molecule has 5 rings (SSSR count). The van der Waals surface area contributed by atoms with Gasteiger partial charge in [-0.05, 0) is 36.2 Å². The first kappa shape index (κ1) is 26.9. The molecule has 7 nitrogen and oxygen atoms in total. The van der Waals surface area contributed by atoms with Crippen LogP contribution in [-0.2, 0) is 29.1 Å². The van der Waals surface area contributed by atoms with E-state index in [1.54, 1.807) is 19.1 Å². The number of nitrogens with zero attached hydrogens (tertiary/aromatic N) is 3. The summed E-state index contributed by atoms with van der Waals surface area (Å²) in [4.78, 5) is 39.7. The third-order valence-electron chi connectivity index (χ3n) is 6.58. The molecular weight excluding hydrogens is 460 g/mol. The predicted molar refractivity (Wildman–Crippen MR) is 123 cm³/mol. The minimum Gasteiger partial charge on any atom is -0.550 e. The van der Waals surface area contributed by atoms with Crippen molar-refractivity contribution in [2.24, 2.45) is 0 Å². The quantitative estimate of drug-likeness (QED) is 0.377. The van der Waals surface area contributed by atoms with Crippen LogP contribution in [0.5, 0.6) is 0 Å². The molecule has 0 saturated carbocycles. The number of para-hydroxylation sites is 1. The summed E-state index contributed by atoms with van der Waals surface area (Å²) in [6, 6.07) is 13.7. The Balaban J connectivity index is 0.00000111. The average Bonchev–Trinajstić information content (AvgIpc) is 3.22. The van der Waals surface area contributed by atoms with E-state index in [1.165, 1.54) is 17.0 Å². The van der Waals surface area contributed by atoms with Gasteiger partial charge < -0.3 is 19.4 Å². The number of halogens is 1. The van der Waals surface area contributed by atoms with Gasteiger partial charge >= 0.3 is 35.6 Å². The van der Waals surface area contributed by atoms with E-state index in [2.05, 4.69) is 4.57 Å². The molecule has 1 atom stereocenters. The van der Waals surface area contributed by atoms with E-state index in [1.807, 2.05) is 38.1 Å². The molecule has 178 valence electrons. The van der Waals surface area contributed by atoms with E-state index in [0.29, 0.717) is 13.0 Å². The number of imide groups is 1. The second kappa shape index (κ2) is 10.5. The number of carbonyl (C=O) groups is 3. The van der Waals surface area contributed by atoms with Gasteiger partial charge in [-0.3, -0.25) is 9.69 Å². The van der Waals surface area contributed by atoms with Crippen LogP contribution in [0, 0.1) is 5.82 Å². The molecule has 2 aliphatic heterocycles. The van der Waals surface area contributed by atoms with Crippen LogP contribution >= 0.6 is 0 Å². The van der Waals surface area contributed by atoms with Gasteiger partial charge in [0.15, 0.2) is 0 Å². The number of urea groups is 1. The molecule has 2 aliphatic rings. The summed E-state index contributed by atoms with van der Waals surface area (Å²) in [6.07, 6.45) is -0.0558. The van der Waals surface area contributed by atoms with E-state index in [0.717, 1.165) is 32.6 Å². The standard InChI is InChI=1S/C24H22FN3O4.C2H6.Na/c1-24-12-18-17-4-2-3-5-19(17)27(13-15-6-8-16(25)9-7-15)20(18)14-28(24)23(32)26(22(24)31)11-10-21(29)30;1-2;/h2-9H,10-14H2,1H3,(H,29,30);1-2H3;/q;;+1/p-1. The first-order chi connectivity index (χ1) is 16.3. The SMILES string of the molecule is CC.CC12Cc3c(n(Cc4ccc(F)cc4)c4ccccc34)CN1C(=O)N(CCC(=O)[O-])C2=O.[Na+]. The Bertz CT molecular complexity index is 1270. The van der Waals surface area contributed by atoms with E-state index in [-0.39, 0.29) is 54.4 Å². The maximum absolute atomic E-state index is 13.4. The van der Waals surface area contributed by atoms with Crippen molar-refractivity contribution >= 4 is 28.8 Å². The molecule has 0 aliphatic carbocycles. The summed E-state index contributed by atoms with van der Waals surface area (Å²) >= 11 is 0. The van der Waals surface area contributed by atoms with Crippen LogP contribution < -0.4 is 34.7 Å². The zero-order chi connectivity index (χ0) is 24.6. The number of hydrogen-bond acceptors (Lipinski definition) is 4. The first-order valence-electron chi connectivity index (χ1n) is 11.5. The topological polar surface area (TPSA) is 85.7 Å². The number of benzene rings is 2. The van der Waals surface area contributed by atoms with Gasteiger partial charge in [0.05, 0.1) is 6.54 Å². The van der Waals surface area contributed by atoms with Crippen molar-refractivity contribution in [3.8, 4) is 0 Å². The molecule has 2 aromatic carbocycles. The van der Waals surface area contributed by atoms with E-state index >= 15 is 0 Å². The van der Waals surface area contributed by atoms with Crippen LogP contribution in [0.2, 0.25) is 0 Å². The Hall–Kier alpha value is -2.68. The fourth-order valence-electron chi connectivity index (χ4n) is 4.92. The minimum atomic E-state index is -1.30. The summed E-state index contributed by atoms with van der Waals surface area (Å²) in [6.45, 7) is 6.26. The molecule has 0 bridgehead atoms. The van der Waals surface area contributed by atoms with Gasteiger partial charge in [-0.1, -0.05) is 44.2 Å². The zero-order valence-corrected chi connectivity index (χ0v) is 22.5. The molecular formula is C26H27FN3NaO4. The molecule has 1 unspecified atom stereocenters. The van der Waals surface area contributed by atoms with Crippen molar-refractivity contribution in [3.63, 3.8) is 0 Å². The number of amides is 3. The Morgan fingerprint density at radius 3 is 2.40 bits per heavy atom. The number of rotatable bonds is 5. The third kappa shape index (κ3) is 4.62. The van der Waals surface area contributed by atoms with Gasteiger partial charge in [0.1, 0.15) is 11.4 Å². The van der Waals surface area contributed by atoms with Crippen molar-refractivity contribution in [1.82, 2.24) is 14.4 Å². The monoisotopic (exact) mass is 487 g/mol. The summed E-state index contributed by atoms with van der Waals surface area (Å²) < 4.78 is 15.5. The van der Waals surface area contributed by atoms with E-state index < -0.39 is 24.0 Å². The van der Waals surface area contributed by atoms with Gasteiger partial charge in [0, 0.05) is 48.5 Å². The molecule has 0 radical (unpaired) electrons. The van der Waals surface area contributed by atoms with Crippen molar-refractivity contribution in [2.45, 2.75) is 52.2 Å². The number of carboxylic acids is 1. The largest absolute Gasteiger partial charge is 1.00 e. The average molecular weight is 488 g/mol. The molecule has 0 N–H and O–H groups in total. The van der Waals surface area contributed by atoms with Crippen LogP contribution in [0.1, 0.15) is 44.0 Å². The number of fused-ring (bicyclic) bond motifs is 4. The van der Waals surface area contributed by atoms with Crippen LogP contribution in [0.4, 0.5) is 9.18 Å². The van der Waals surface area contributed by atoms with Crippen molar-refractivity contribution in [1.29, 1.82) is 0 Å². The van der Waals surface area contributed by atoms with Crippen molar-refractivity contribution in [3.05, 3.63) is 71.2 Å². The molecule has 3 amide bonds. The summed E-state index contributed by atoms with van der Waals surface area (Å²) in [7, 11) is 0. The Kier molecular flexibility index (Phi) is 8.09. The van der Waals surface area contributed by atoms with E-state index in [4.69, 9.17) is 0 Å². The maximum atomic E-state index is 13.4. The Morgan fingerprint density at radius 1 is 1.09 bits per heavy atom. The van der Waals surface area contributed by atoms with Crippen molar-refractivity contribution < 1.29 is 53.4 Å². The van der Waals surface area contributed by atoms with Gasteiger partial charge in [0.25, 0.3) is 5.91 Å². The number of aromatic nitrogens is 1. The molecule has 3 heterocycles. The van der Waals surface area contributed by atoms with Crippen LogP contribution in [0.25, 0.3) is 10.9 Å². The molecule has 9 heteroatoms. The van der Waals surface area contributed by atoms with E-state index in [9.17, 15) is 23.9 Å². The van der Waals surface area contributed by atoms with Crippen molar-refractivity contribution in [2.75, 3.05) is 6.54 Å². The molecule has 3 aromatic rings. The van der Waals surface area contributed by atoms with Gasteiger partial charge in [-0.15, -0.1) is 0 Å². The first-order valence-corrected chi connectivity index (χ1v) is 11.5. The smallest absolute Gasteiger partial charge is 0.550 e. The normalized spacial score (nSPS) is 18.5. The minimum absolute atomic E-state index is 0. The zero-order valence-electron chi connectivity index (χ0n) is 20.5. The van der Waals surface area contributed by atoms with Gasteiger partial charge in [-0.2, -0.15) is 0 Å². The fourth-order valence-corrected chi connectivity index (χ4v) is 4.92. The Labute approximate surface area is 225 Å². The Morgan fingerprint density at radius 2 is 1.74 bits per heavy atom. The van der Waals surface area contributed by atoms with Gasteiger partial charge in [-0.25, -0.2) is 9.18 Å².